The SMILES string of the molecule is N=C1N[C@H]2[C@H](CN3C(=O)CCC3=O)NC(=N)N3C[C@H](NC(=O)c4cccc5c4CCCC5)[C@@H](O)[C@]23N1. The molecule has 4 aliphatic heterocycles. The van der Waals surface area contributed by atoms with Gasteiger partial charge < -0.3 is 31.3 Å². The molecule has 5 aliphatic rings. The Hall–Kier alpha value is -3.67. The number of likely N-dealkylation sites (tertiary alicyclic amines) is 1. The average Bonchev–Trinajstić information content (AvgIpc) is 3.48. The molecule has 0 saturated carbocycles. The van der Waals surface area contributed by atoms with Gasteiger partial charge in [0.05, 0.1) is 24.7 Å². The van der Waals surface area contributed by atoms with Crippen LogP contribution in [0.25, 0.3) is 0 Å². The van der Waals surface area contributed by atoms with Gasteiger partial charge in [0.25, 0.3) is 5.91 Å². The number of aliphatic hydroxyl groups excluding tert-OH is 1. The highest BCUT2D eigenvalue weighted by atomic mass is 16.3. The summed E-state index contributed by atoms with van der Waals surface area (Å²) in [4.78, 5) is 40.6. The lowest BCUT2D eigenvalue weighted by Gasteiger charge is -2.49. The number of aryl methyl sites for hydroxylation is 1. The molecule has 4 fully saturated rings. The number of hydrogen-bond acceptors (Lipinski definition) is 6. The molecule has 7 N–H and O–H groups in total. The van der Waals surface area contributed by atoms with Crippen molar-refractivity contribution < 1.29 is 19.5 Å². The van der Waals surface area contributed by atoms with E-state index >= 15 is 0 Å². The van der Waals surface area contributed by atoms with Crippen molar-refractivity contribution in [3.05, 3.63) is 34.9 Å². The van der Waals surface area contributed by atoms with Gasteiger partial charge >= 0.3 is 0 Å². The van der Waals surface area contributed by atoms with Crippen molar-refractivity contribution >= 4 is 29.6 Å². The maximum atomic E-state index is 13.4. The number of hydrogen-bond donors (Lipinski definition) is 7. The van der Waals surface area contributed by atoms with Gasteiger partial charge in [-0.3, -0.25) is 30.1 Å². The van der Waals surface area contributed by atoms with Gasteiger partial charge in [-0.2, -0.15) is 0 Å². The molecule has 12 nitrogen and oxygen atoms in total. The lowest BCUT2D eigenvalue weighted by molar-refractivity contribution is -0.139. The van der Waals surface area contributed by atoms with Crippen LogP contribution in [0.4, 0.5) is 0 Å². The third-order valence-corrected chi connectivity index (χ3v) is 8.24. The number of fused-ring (bicyclic) bond motifs is 1. The highest BCUT2D eigenvalue weighted by molar-refractivity contribution is 6.02. The second kappa shape index (κ2) is 8.19. The van der Waals surface area contributed by atoms with Crippen molar-refractivity contribution in [3.8, 4) is 0 Å². The fourth-order valence-electron chi connectivity index (χ4n) is 6.55. The largest absolute Gasteiger partial charge is 0.386 e. The summed E-state index contributed by atoms with van der Waals surface area (Å²) >= 11 is 0. The summed E-state index contributed by atoms with van der Waals surface area (Å²) in [6.45, 7) is 0.169. The number of carbonyl (C=O) groups is 3. The predicted molar refractivity (Wildman–Crippen MR) is 128 cm³/mol. The van der Waals surface area contributed by atoms with Gasteiger partial charge in [-0.25, -0.2) is 0 Å². The third kappa shape index (κ3) is 3.27. The van der Waals surface area contributed by atoms with Crippen molar-refractivity contribution in [1.82, 2.24) is 31.1 Å². The van der Waals surface area contributed by atoms with Crippen LogP contribution in [0, 0.1) is 10.8 Å². The molecule has 0 aromatic heterocycles. The Balaban J connectivity index is 1.27. The number of aliphatic hydroxyl groups is 1. The Morgan fingerprint density at radius 3 is 2.64 bits per heavy atom. The topological polar surface area (TPSA) is 174 Å². The Morgan fingerprint density at radius 1 is 1.11 bits per heavy atom. The molecule has 0 radical (unpaired) electrons. The molecular weight excluding hydrogens is 464 g/mol. The predicted octanol–water partition coefficient (Wildman–Crippen LogP) is -1.41. The second-order valence-corrected chi connectivity index (χ2v) is 10.2. The first kappa shape index (κ1) is 22.8. The summed E-state index contributed by atoms with van der Waals surface area (Å²) in [6.07, 6.45) is 3.08. The van der Waals surface area contributed by atoms with Crippen LogP contribution in [0.5, 0.6) is 0 Å². The van der Waals surface area contributed by atoms with Crippen LogP contribution >= 0.6 is 0 Å². The smallest absolute Gasteiger partial charge is 0.251 e. The number of rotatable bonds is 4. The molecule has 1 spiro atoms. The van der Waals surface area contributed by atoms with E-state index in [4.69, 9.17) is 10.8 Å². The quantitative estimate of drug-likeness (QED) is 0.250. The van der Waals surface area contributed by atoms with Crippen LogP contribution in [-0.4, -0.2) is 87.5 Å². The number of imide groups is 1. The molecule has 4 saturated heterocycles. The molecule has 0 unspecified atom stereocenters. The van der Waals surface area contributed by atoms with E-state index in [-0.39, 0.29) is 55.6 Å². The summed E-state index contributed by atoms with van der Waals surface area (Å²) in [5, 5.41) is 40.5. The fraction of sp³-hybridized carbons (Fsp3) is 0.542. The molecule has 1 aromatic rings. The molecule has 4 heterocycles. The van der Waals surface area contributed by atoms with Gasteiger partial charge in [0.1, 0.15) is 6.10 Å². The number of benzene rings is 1. The highest BCUT2D eigenvalue weighted by Crippen LogP contribution is 2.38. The van der Waals surface area contributed by atoms with Crippen LogP contribution < -0.4 is 21.3 Å². The monoisotopic (exact) mass is 494 g/mol. The first-order valence-electron chi connectivity index (χ1n) is 12.5. The zero-order valence-electron chi connectivity index (χ0n) is 19.8. The van der Waals surface area contributed by atoms with Crippen molar-refractivity contribution in [1.29, 1.82) is 10.8 Å². The van der Waals surface area contributed by atoms with Crippen LogP contribution in [0.2, 0.25) is 0 Å². The van der Waals surface area contributed by atoms with Crippen molar-refractivity contribution in [3.63, 3.8) is 0 Å². The minimum absolute atomic E-state index is 0.00719. The van der Waals surface area contributed by atoms with Crippen LogP contribution in [-0.2, 0) is 22.4 Å². The Morgan fingerprint density at radius 2 is 1.86 bits per heavy atom. The van der Waals surface area contributed by atoms with E-state index in [9.17, 15) is 19.5 Å². The van der Waals surface area contributed by atoms with Gasteiger partial charge in [-0.15, -0.1) is 0 Å². The molecule has 3 amide bonds. The Bertz CT molecular complexity index is 1170. The van der Waals surface area contributed by atoms with E-state index in [0.717, 1.165) is 31.2 Å². The normalized spacial score (nSPS) is 32.9. The van der Waals surface area contributed by atoms with Gasteiger partial charge in [-0.1, -0.05) is 12.1 Å². The van der Waals surface area contributed by atoms with Gasteiger partial charge in [-0.05, 0) is 42.9 Å². The van der Waals surface area contributed by atoms with E-state index in [1.165, 1.54) is 10.5 Å². The summed E-state index contributed by atoms with van der Waals surface area (Å²) < 4.78 is 0. The van der Waals surface area contributed by atoms with E-state index in [1.54, 1.807) is 4.90 Å². The lowest BCUT2D eigenvalue weighted by atomic mass is 9.86. The van der Waals surface area contributed by atoms with Crippen molar-refractivity contribution in [2.75, 3.05) is 13.1 Å². The summed E-state index contributed by atoms with van der Waals surface area (Å²) in [7, 11) is 0. The number of nitrogens with one attached hydrogen (secondary N) is 6. The average molecular weight is 495 g/mol. The maximum absolute atomic E-state index is 13.4. The molecule has 1 aliphatic carbocycles. The molecule has 1 aromatic carbocycles. The minimum atomic E-state index is -1.29. The number of nitrogens with zero attached hydrogens (tertiary/aromatic N) is 2. The first-order chi connectivity index (χ1) is 17.3. The minimum Gasteiger partial charge on any atom is -0.386 e. The molecule has 12 heteroatoms. The zero-order valence-corrected chi connectivity index (χ0v) is 19.8. The van der Waals surface area contributed by atoms with Crippen LogP contribution in [0.1, 0.15) is 47.2 Å². The molecule has 36 heavy (non-hydrogen) atoms. The summed E-state index contributed by atoms with van der Waals surface area (Å²) in [5.41, 5.74) is 1.57. The maximum Gasteiger partial charge on any atom is 0.251 e. The third-order valence-electron chi connectivity index (χ3n) is 8.24. The van der Waals surface area contributed by atoms with E-state index in [0.29, 0.717) is 5.56 Å². The molecule has 6 rings (SSSR count). The molecule has 5 atom stereocenters. The Kier molecular flexibility index (Phi) is 5.18. The zero-order chi connectivity index (χ0) is 25.2. The van der Waals surface area contributed by atoms with Crippen LogP contribution in [0.3, 0.4) is 0 Å². The number of guanidine groups is 2. The van der Waals surface area contributed by atoms with E-state index in [2.05, 4.69) is 27.3 Å². The summed E-state index contributed by atoms with van der Waals surface area (Å²) in [5.74, 6) is -0.847. The molecule has 190 valence electrons. The number of carbonyl (C=O) groups excluding carboxylic acids is 3. The van der Waals surface area contributed by atoms with Gasteiger partial charge in [0, 0.05) is 24.9 Å². The highest BCUT2D eigenvalue weighted by Gasteiger charge is 2.67. The van der Waals surface area contributed by atoms with E-state index < -0.39 is 29.9 Å². The molecular formula is C24H30N8O4. The van der Waals surface area contributed by atoms with E-state index in [1.807, 2.05) is 12.1 Å². The standard InChI is InChI=1S/C24H30N8O4/c25-22-29-19-15(10-31-17(33)8-9-18(31)34)28-23(26)32-11-16(20(35)24(19,32)30-22)27-21(36)14-7-3-5-12-4-1-2-6-13(12)14/h3,5,7,15-16,19-20,35H,1-2,4,6,8-11H2,(H2,26,28)(H,27,36)(H3,25,29,30)/t15-,16-,19-,20+,24-/m0/s1. The Labute approximate surface area is 207 Å². The lowest BCUT2D eigenvalue weighted by Crippen LogP contribution is -2.78. The van der Waals surface area contributed by atoms with Crippen molar-refractivity contribution in [2.24, 2.45) is 0 Å². The first-order valence-corrected chi connectivity index (χ1v) is 12.5. The van der Waals surface area contributed by atoms with Gasteiger partial charge in [0.2, 0.25) is 11.8 Å². The summed E-state index contributed by atoms with van der Waals surface area (Å²) in [6, 6.07) is 3.79. The second-order valence-electron chi connectivity index (χ2n) is 10.2. The van der Waals surface area contributed by atoms with Crippen LogP contribution in [0.15, 0.2) is 18.2 Å². The number of amides is 3. The molecule has 0 bridgehead atoms. The van der Waals surface area contributed by atoms with Crippen molar-refractivity contribution in [2.45, 2.75) is 68.4 Å². The van der Waals surface area contributed by atoms with Gasteiger partial charge in [0.15, 0.2) is 17.6 Å². The fourth-order valence-corrected chi connectivity index (χ4v) is 6.55.